The van der Waals surface area contributed by atoms with Crippen molar-refractivity contribution in [3.05, 3.63) is 90.0 Å². The number of nitrogens with one attached hydrogen (secondary N) is 1. The van der Waals surface area contributed by atoms with Crippen LogP contribution in [0.1, 0.15) is 37.3 Å². The van der Waals surface area contributed by atoms with E-state index in [0.29, 0.717) is 12.5 Å². The van der Waals surface area contributed by atoms with Crippen LogP contribution in [0.25, 0.3) is 0 Å². The lowest BCUT2D eigenvalue weighted by atomic mass is 10.0. The van der Waals surface area contributed by atoms with E-state index in [0.717, 1.165) is 43.2 Å². The normalized spacial score (nSPS) is 10.7. The molecule has 0 atom stereocenters. The number of benzene rings is 3. The molecule has 0 spiro atoms. The molecule has 0 aliphatic carbocycles. The molecule has 0 bridgehead atoms. The molecule has 0 aliphatic rings. The highest BCUT2D eigenvalue weighted by atomic mass is 16.5. The maximum Gasteiger partial charge on any atom is 0.122 e. The first-order chi connectivity index (χ1) is 14.2. The van der Waals surface area contributed by atoms with Crippen LogP contribution in [0.4, 0.5) is 5.69 Å². The summed E-state index contributed by atoms with van der Waals surface area (Å²) in [7, 11) is 0. The smallest absolute Gasteiger partial charge is 0.122 e. The maximum absolute atomic E-state index is 5.96. The molecule has 0 heterocycles. The monoisotopic (exact) mass is 389 g/mol. The van der Waals surface area contributed by atoms with Gasteiger partial charge in [-0.2, -0.15) is 0 Å². The van der Waals surface area contributed by atoms with Crippen molar-refractivity contribution in [3.8, 4) is 11.5 Å². The molecular formula is C26H31NO2. The second-order valence-electron chi connectivity index (χ2n) is 7.43. The molecule has 152 valence electrons. The Morgan fingerprint density at radius 2 is 1.48 bits per heavy atom. The Balaban J connectivity index is 1.35. The summed E-state index contributed by atoms with van der Waals surface area (Å²) in [6.07, 6.45) is 2.06. The van der Waals surface area contributed by atoms with Crippen LogP contribution in [0.3, 0.4) is 0 Å². The summed E-state index contributed by atoms with van der Waals surface area (Å²) in [6, 6.07) is 26.9. The predicted molar refractivity (Wildman–Crippen MR) is 121 cm³/mol. The van der Waals surface area contributed by atoms with Gasteiger partial charge < -0.3 is 14.8 Å². The highest BCUT2D eigenvalue weighted by Crippen LogP contribution is 2.25. The first-order valence-electron chi connectivity index (χ1n) is 10.4. The summed E-state index contributed by atoms with van der Waals surface area (Å²) in [5.41, 5.74) is 3.68. The molecule has 0 radical (unpaired) electrons. The van der Waals surface area contributed by atoms with Crippen LogP contribution in [0.15, 0.2) is 78.9 Å². The third kappa shape index (κ3) is 6.86. The lowest BCUT2D eigenvalue weighted by molar-refractivity contribution is 0.311. The van der Waals surface area contributed by atoms with Crippen molar-refractivity contribution < 1.29 is 9.47 Å². The van der Waals surface area contributed by atoms with E-state index in [2.05, 4.69) is 67.7 Å². The molecule has 3 rings (SSSR count). The molecule has 29 heavy (non-hydrogen) atoms. The first-order valence-corrected chi connectivity index (χ1v) is 10.4. The molecule has 0 amide bonds. The van der Waals surface area contributed by atoms with E-state index < -0.39 is 0 Å². The summed E-state index contributed by atoms with van der Waals surface area (Å²) in [4.78, 5) is 0. The number of rotatable bonds is 11. The minimum absolute atomic E-state index is 0.458. The van der Waals surface area contributed by atoms with E-state index in [-0.39, 0.29) is 0 Å². The molecule has 0 saturated carbocycles. The number of para-hydroxylation sites is 1. The van der Waals surface area contributed by atoms with Crippen LogP contribution >= 0.6 is 0 Å². The molecule has 3 heteroatoms. The summed E-state index contributed by atoms with van der Waals surface area (Å²) in [5.74, 6) is 2.34. The summed E-state index contributed by atoms with van der Waals surface area (Å²) in [5, 5.41) is 3.40. The molecule has 0 aliphatic heterocycles. The second-order valence-corrected chi connectivity index (χ2v) is 7.43. The summed E-state index contributed by atoms with van der Waals surface area (Å²) >= 11 is 0. The van der Waals surface area contributed by atoms with Gasteiger partial charge in [-0.1, -0.05) is 62.4 Å². The Bertz CT molecular complexity index is 844. The Morgan fingerprint density at radius 3 is 2.24 bits per heavy atom. The molecular weight excluding hydrogens is 358 g/mol. The zero-order valence-corrected chi connectivity index (χ0v) is 17.4. The number of anilines is 1. The van der Waals surface area contributed by atoms with E-state index >= 15 is 0 Å². The number of aryl methyl sites for hydroxylation is 1. The van der Waals surface area contributed by atoms with Gasteiger partial charge in [0.05, 0.1) is 6.61 Å². The van der Waals surface area contributed by atoms with Gasteiger partial charge in [-0.25, -0.2) is 0 Å². The van der Waals surface area contributed by atoms with Crippen molar-refractivity contribution in [3.63, 3.8) is 0 Å². The average Bonchev–Trinajstić information content (AvgIpc) is 2.76. The largest absolute Gasteiger partial charge is 0.494 e. The van der Waals surface area contributed by atoms with Crippen molar-refractivity contribution in [2.24, 2.45) is 0 Å². The van der Waals surface area contributed by atoms with Gasteiger partial charge in [0.1, 0.15) is 18.1 Å². The number of hydrogen-bond acceptors (Lipinski definition) is 3. The van der Waals surface area contributed by atoms with Crippen molar-refractivity contribution in [1.82, 2.24) is 0 Å². The molecule has 0 saturated heterocycles. The van der Waals surface area contributed by atoms with E-state index in [1.54, 1.807) is 0 Å². The van der Waals surface area contributed by atoms with Crippen molar-refractivity contribution in [2.45, 2.75) is 32.6 Å². The number of ether oxygens (including phenoxy) is 2. The molecule has 3 nitrogen and oxygen atoms in total. The SMILES string of the molecule is CC(C)c1ccccc1OCCNc1ccc(OCCCc2ccccc2)cc1. The minimum atomic E-state index is 0.458. The van der Waals surface area contributed by atoms with Crippen LogP contribution < -0.4 is 14.8 Å². The average molecular weight is 390 g/mol. The third-order valence-electron chi connectivity index (χ3n) is 4.81. The molecule has 3 aromatic rings. The van der Waals surface area contributed by atoms with Crippen molar-refractivity contribution >= 4 is 5.69 Å². The lowest BCUT2D eigenvalue weighted by Crippen LogP contribution is -2.12. The van der Waals surface area contributed by atoms with Gasteiger partial charge in [0.25, 0.3) is 0 Å². The zero-order valence-electron chi connectivity index (χ0n) is 17.4. The van der Waals surface area contributed by atoms with Gasteiger partial charge in [-0.15, -0.1) is 0 Å². The van der Waals surface area contributed by atoms with Gasteiger partial charge in [-0.05, 0) is 60.2 Å². The summed E-state index contributed by atoms with van der Waals surface area (Å²) in [6.45, 7) is 6.48. The molecule has 0 unspecified atom stereocenters. The Morgan fingerprint density at radius 1 is 0.759 bits per heavy atom. The first kappa shape index (κ1) is 20.8. The van der Waals surface area contributed by atoms with Crippen LogP contribution in [-0.4, -0.2) is 19.8 Å². The fourth-order valence-electron chi connectivity index (χ4n) is 3.23. The Kier molecular flexibility index (Phi) is 8.00. The van der Waals surface area contributed by atoms with E-state index in [4.69, 9.17) is 9.47 Å². The molecule has 1 N–H and O–H groups in total. The van der Waals surface area contributed by atoms with Crippen LogP contribution in [0.2, 0.25) is 0 Å². The van der Waals surface area contributed by atoms with Crippen LogP contribution in [0, 0.1) is 0 Å². The van der Waals surface area contributed by atoms with Gasteiger partial charge in [0.2, 0.25) is 0 Å². The molecule has 3 aromatic carbocycles. The van der Waals surface area contributed by atoms with E-state index in [9.17, 15) is 0 Å². The standard InChI is InChI=1S/C26H31NO2/c1-21(2)25-12-6-7-13-26(25)29-20-18-27-23-14-16-24(17-15-23)28-19-8-11-22-9-4-3-5-10-22/h3-7,9-10,12-17,21,27H,8,11,18-20H2,1-2H3. The van der Waals surface area contributed by atoms with Gasteiger partial charge in [-0.3, -0.25) is 0 Å². The highest BCUT2D eigenvalue weighted by Gasteiger charge is 2.06. The van der Waals surface area contributed by atoms with E-state index in [1.807, 2.05) is 30.3 Å². The Hall–Kier alpha value is -2.94. The molecule has 0 aromatic heterocycles. The van der Waals surface area contributed by atoms with E-state index in [1.165, 1.54) is 11.1 Å². The second kappa shape index (κ2) is 11.2. The fourth-order valence-corrected chi connectivity index (χ4v) is 3.23. The zero-order chi connectivity index (χ0) is 20.3. The maximum atomic E-state index is 5.96. The van der Waals surface area contributed by atoms with Crippen molar-refractivity contribution in [2.75, 3.05) is 25.1 Å². The quantitative estimate of drug-likeness (QED) is 0.390. The van der Waals surface area contributed by atoms with Crippen molar-refractivity contribution in [1.29, 1.82) is 0 Å². The van der Waals surface area contributed by atoms with Gasteiger partial charge >= 0.3 is 0 Å². The van der Waals surface area contributed by atoms with Crippen LogP contribution in [-0.2, 0) is 6.42 Å². The van der Waals surface area contributed by atoms with Gasteiger partial charge in [0.15, 0.2) is 0 Å². The Labute approximate surface area is 174 Å². The topological polar surface area (TPSA) is 30.5 Å². The number of hydrogen-bond donors (Lipinski definition) is 1. The predicted octanol–water partition coefficient (Wildman–Crippen LogP) is 6.31. The molecule has 0 fully saturated rings. The van der Waals surface area contributed by atoms with Gasteiger partial charge in [0, 0.05) is 12.2 Å². The summed E-state index contributed by atoms with van der Waals surface area (Å²) < 4.78 is 11.8. The fraction of sp³-hybridized carbons (Fsp3) is 0.308. The minimum Gasteiger partial charge on any atom is -0.494 e. The van der Waals surface area contributed by atoms with Crippen LogP contribution in [0.5, 0.6) is 11.5 Å². The highest BCUT2D eigenvalue weighted by molar-refractivity contribution is 5.46. The lowest BCUT2D eigenvalue weighted by Gasteiger charge is -2.14. The third-order valence-corrected chi connectivity index (χ3v) is 4.81.